The van der Waals surface area contributed by atoms with Gasteiger partial charge in [0.15, 0.2) is 0 Å². The summed E-state index contributed by atoms with van der Waals surface area (Å²) >= 11 is 12.0. The van der Waals surface area contributed by atoms with Crippen molar-refractivity contribution in [3.8, 4) is 0 Å². The molecule has 0 fully saturated rings. The standard InChI is InChI=1S/C19H17Cl2N3O/c20-12-3-1-11(2-4-12)18(22)19(25)24-8-7-14-15-9-13(21)5-6-16(15)23-17(14)10-24/h1-6,9,18,23H,7-8,10,22H2/t18-/m1/s1. The average Bonchev–Trinajstić information content (AvgIpc) is 2.98. The lowest BCUT2D eigenvalue weighted by Gasteiger charge is -2.29. The van der Waals surface area contributed by atoms with Crippen molar-refractivity contribution in [2.24, 2.45) is 5.73 Å². The van der Waals surface area contributed by atoms with E-state index in [0.29, 0.717) is 18.1 Å². The predicted octanol–water partition coefficient (Wildman–Crippen LogP) is 4.06. The van der Waals surface area contributed by atoms with E-state index in [1.165, 1.54) is 5.56 Å². The number of nitrogens with one attached hydrogen (secondary N) is 1. The number of nitrogens with zero attached hydrogens (tertiary/aromatic N) is 1. The highest BCUT2D eigenvalue weighted by Gasteiger charge is 2.28. The van der Waals surface area contributed by atoms with E-state index in [9.17, 15) is 4.79 Å². The number of benzene rings is 2. The van der Waals surface area contributed by atoms with Crippen LogP contribution >= 0.6 is 23.2 Å². The van der Waals surface area contributed by atoms with Crippen molar-refractivity contribution in [2.45, 2.75) is 19.0 Å². The topological polar surface area (TPSA) is 62.1 Å². The van der Waals surface area contributed by atoms with Crippen LogP contribution in [0.5, 0.6) is 0 Å². The summed E-state index contributed by atoms with van der Waals surface area (Å²) in [6.07, 6.45) is 0.786. The number of amides is 1. The lowest BCUT2D eigenvalue weighted by Crippen LogP contribution is -2.41. The molecule has 1 aromatic heterocycles. The molecule has 0 saturated carbocycles. The highest BCUT2D eigenvalue weighted by molar-refractivity contribution is 6.31. The molecule has 0 saturated heterocycles. The van der Waals surface area contributed by atoms with Crippen LogP contribution < -0.4 is 5.73 Å². The van der Waals surface area contributed by atoms with E-state index in [4.69, 9.17) is 28.9 Å². The Labute approximate surface area is 155 Å². The van der Waals surface area contributed by atoms with Gasteiger partial charge in [-0.2, -0.15) is 0 Å². The summed E-state index contributed by atoms with van der Waals surface area (Å²) in [5.74, 6) is -0.0790. The molecule has 1 aliphatic rings. The van der Waals surface area contributed by atoms with Crippen LogP contribution in [0.2, 0.25) is 10.0 Å². The lowest BCUT2D eigenvalue weighted by atomic mass is 10.0. The number of aromatic nitrogens is 1. The molecule has 1 aliphatic heterocycles. The van der Waals surface area contributed by atoms with E-state index in [0.717, 1.165) is 33.6 Å². The number of H-pyrrole nitrogens is 1. The maximum Gasteiger partial charge on any atom is 0.244 e. The van der Waals surface area contributed by atoms with Crippen molar-refractivity contribution in [2.75, 3.05) is 6.54 Å². The van der Waals surface area contributed by atoms with Crippen LogP contribution in [0.25, 0.3) is 10.9 Å². The lowest BCUT2D eigenvalue weighted by molar-refractivity contribution is -0.133. The second-order valence-corrected chi connectivity index (χ2v) is 7.18. The van der Waals surface area contributed by atoms with Crippen molar-refractivity contribution in [1.82, 2.24) is 9.88 Å². The van der Waals surface area contributed by atoms with Crippen LogP contribution in [0.4, 0.5) is 0 Å². The largest absolute Gasteiger partial charge is 0.357 e. The fourth-order valence-corrected chi connectivity index (χ4v) is 3.71. The molecule has 2 heterocycles. The Morgan fingerprint density at radius 1 is 1.12 bits per heavy atom. The Balaban J connectivity index is 1.58. The number of hydrogen-bond donors (Lipinski definition) is 2. The fourth-order valence-electron chi connectivity index (χ4n) is 3.41. The van der Waals surface area contributed by atoms with E-state index >= 15 is 0 Å². The number of nitrogens with two attached hydrogens (primary N) is 1. The molecule has 4 rings (SSSR count). The molecule has 1 amide bonds. The number of aromatic amines is 1. The van der Waals surface area contributed by atoms with Gasteiger partial charge in [-0.15, -0.1) is 0 Å². The molecule has 4 nitrogen and oxygen atoms in total. The van der Waals surface area contributed by atoms with E-state index in [2.05, 4.69) is 4.98 Å². The minimum Gasteiger partial charge on any atom is -0.357 e. The van der Waals surface area contributed by atoms with Crippen molar-refractivity contribution in [3.63, 3.8) is 0 Å². The molecule has 0 spiro atoms. The summed E-state index contributed by atoms with van der Waals surface area (Å²) in [4.78, 5) is 18.0. The van der Waals surface area contributed by atoms with Crippen LogP contribution in [0, 0.1) is 0 Å². The molecule has 2 aromatic carbocycles. The van der Waals surface area contributed by atoms with E-state index in [1.54, 1.807) is 29.2 Å². The van der Waals surface area contributed by atoms with Crippen LogP contribution in [0.1, 0.15) is 22.9 Å². The zero-order valence-corrected chi connectivity index (χ0v) is 14.9. The summed E-state index contributed by atoms with van der Waals surface area (Å²) in [5.41, 5.74) is 10.3. The number of hydrogen-bond acceptors (Lipinski definition) is 2. The van der Waals surface area contributed by atoms with Gasteiger partial charge >= 0.3 is 0 Å². The maximum absolute atomic E-state index is 12.8. The Morgan fingerprint density at radius 2 is 1.84 bits per heavy atom. The van der Waals surface area contributed by atoms with Crippen molar-refractivity contribution in [3.05, 3.63) is 69.3 Å². The third-order valence-corrected chi connectivity index (χ3v) is 5.23. The molecule has 25 heavy (non-hydrogen) atoms. The second-order valence-electron chi connectivity index (χ2n) is 6.31. The van der Waals surface area contributed by atoms with Gasteiger partial charge in [0.1, 0.15) is 6.04 Å². The van der Waals surface area contributed by atoms with E-state index in [1.807, 2.05) is 18.2 Å². The van der Waals surface area contributed by atoms with Gasteiger partial charge in [-0.25, -0.2) is 0 Å². The van der Waals surface area contributed by atoms with Gasteiger partial charge in [0.25, 0.3) is 0 Å². The zero-order chi connectivity index (χ0) is 17.6. The molecule has 0 bridgehead atoms. The van der Waals surface area contributed by atoms with Gasteiger partial charge in [0, 0.05) is 33.2 Å². The van der Waals surface area contributed by atoms with Crippen molar-refractivity contribution < 1.29 is 4.79 Å². The first-order valence-electron chi connectivity index (χ1n) is 8.12. The molecule has 1 atom stereocenters. The highest BCUT2D eigenvalue weighted by Crippen LogP contribution is 2.30. The third-order valence-electron chi connectivity index (χ3n) is 4.74. The Bertz CT molecular complexity index is 949. The predicted molar refractivity (Wildman–Crippen MR) is 101 cm³/mol. The smallest absolute Gasteiger partial charge is 0.244 e. The van der Waals surface area contributed by atoms with Gasteiger partial charge in [-0.3, -0.25) is 4.79 Å². The van der Waals surface area contributed by atoms with Gasteiger partial charge in [0.05, 0.1) is 6.54 Å². The summed E-state index contributed by atoms with van der Waals surface area (Å²) in [6.45, 7) is 1.17. The molecule has 3 aromatic rings. The van der Waals surface area contributed by atoms with Crippen LogP contribution in [0.3, 0.4) is 0 Å². The SMILES string of the molecule is N[C@@H](C(=O)N1CCc2c([nH]c3ccc(Cl)cc23)C1)c1ccc(Cl)cc1. The number of halogens is 2. The third kappa shape index (κ3) is 3.01. The molecular weight excluding hydrogens is 357 g/mol. The minimum atomic E-state index is -0.683. The highest BCUT2D eigenvalue weighted by atomic mass is 35.5. The summed E-state index contributed by atoms with van der Waals surface area (Å²) in [5, 5.41) is 2.48. The van der Waals surface area contributed by atoms with Crippen LogP contribution in [-0.4, -0.2) is 22.3 Å². The Morgan fingerprint density at radius 3 is 2.60 bits per heavy atom. The Hall–Kier alpha value is -2.01. The van der Waals surface area contributed by atoms with Crippen molar-refractivity contribution in [1.29, 1.82) is 0 Å². The molecular formula is C19H17Cl2N3O. The van der Waals surface area contributed by atoms with E-state index < -0.39 is 6.04 Å². The first-order chi connectivity index (χ1) is 12.0. The summed E-state index contributed by atoms with van der Waals surface area (Å²) in [7, 11) is 0. The molecule has 3 N–H and O–H groups in total. The number of rotatable bonds is 2. The molecule has 6 heteroatoms. The maximum atomic E-state index is 12.8. The quantitative estimate of drug-likeness (QED) is 0.711. The number of carbonyl (C=O) groups is 1. The molecule has 128 valence electrons. The van der Waals surface area contributed by atoms with Gasteiger partial charge < -0.3 is 15.6 Å². The van der Waals surface area contributed by atoms with Gasteiger partial charge in [-0.05, 0) is 47.9 Å². The van der Waals surface area contributed by atoms with Gasteiger partial charge in [-0.1, -0.05) is 35.3 Å². The summed E-state index contributed by atoms with van der Waals surface area (Å²) < 4.78 is 0. The minimum absolute atomic E-state index is 0.0790. The molecule has 0 aliphatic carbocycles. The van der Waals surface area contributed by atoms with Crippen molar-refractivity contribution >= 4 is 40.0 Å². The first kappa shape index (κ1) is 16.5. The monoisotopic (exact) mass is 373 g/mol. The van der Waals surface area contributed by atoms with E-state index in [-0.39, 0.29) is 5.91 Å². The molecule has 0 unspecified atom stereocenters. The Kier molecular flexibility index (Phi) is 4.20. The zero-order valence-electron chi connectivity index (χ0n) is 13.4. The number of carbonyl (C=O) groups excluding carboxylic acids is 1. The van der Waals surface area contributed by atoms with Crippen LogP contribution in [0.15, 0.2) is 42.5 Å². The molecule has 0 radical (unpaired) electrons. The van der Waals surface area contributed by atoms with Gasteiger partial charge in [0.2, 0.25) is 5.91 Å². The average molecular weight is 374 g/mol. The normalized spacial score (nSPS) is 15.2. The fraction of sp³-hybridized carbons (Fsp3) is 0.211. The second kappa shape index (κ2) is 6.37. The van der Waals surface area contributed by atoms with Crippen LogP contribution in [-0.2, 0) is 17.8 Å². The number of fused-ring (bicyclic) bond motifs is 3. The first-order valence-corrected chi connectivity index (χ1v) is 8.87. The summed E-state index contributed by atoms with van der Waals surface area (Å²) in [6, 6.07) is 12.2.